The van der Waals surface area contributed by atoms with Crippen LogP contribution in [0.1, 0.15) is 36.0 Å². The fourth-order valence-electron chi connectivity index (χ4n) is 2.62. The number of anilines is 1. The number of carbonyl (C=O) groups excluding carboxylic acids is 1. The highest BCUT2D eigenvalue weighted by atomic mass is 16.3. The Kier molecular flexibility index (Phi) is 4.20. The number of nitrogen functional groups attached to an aromatic ring is 1. The number of aliphatic hydroxyl groups is 1. The molecule has 0 saturated heterocycles. The predicted molar refractivity (Wildman–Crippen MR) is 71.2 cm³/mol. The second kappa shape index (κ2) is 5.87. The third kappa shape index (κ3) is 2.64. The molecule has 98 valence electrons. The molecule has 1 aromatic carbocycles. The van der Waals surface area contributed by atoms with Gasteiger partial charge in [0.1, 0.15) is 0 Å². The van der Waals surface area contributed by atoms with Gasteiger partial charge in [-0.1, -0.05) is 25.0 Å². The van der Waals surface area contributed by atoms with Crippen molar-refractivity contribution >= 4 is 11.6 Å². The van der Waals surface area contributed by atoms with Crippen LogP contribution in [0.2, 0.25) is 0 Å². The van der Waals surface area contributed by atoms with Gasteiger partial charge in [-0.25, -0.2) is 0 Å². The van der Waals surface area contributed by atoms with Crippen molar-refractivity contribution < 1.29 is 9.90 Å². The Morgan fingerprint density at radius 3 is 2.61 bits per heavy atom. The largest absolute Gasteiger partial charge is 0.398 e. The maximum Gasteiger partial charge on any atom is 0.256 e. The van der Waals surface area contributed by atoms with Crippen LogP contribution < -0.4 is 5.73 Å². The number of aliphatic hydroxyl groups excluding tert-OH is 1. The highest BCUT2D eigenvalue weighted by Gasteiger charge is 2.27. The molecule has 1 saturated carbocycles. The molecule has 0 atom stereocenters. The van der Waals surface area contributed by atoms with Crippen LogP contribution in [0.4, 0.5) is 5.69 Å². The number of nitrogens with zero attached hydrogens (tertiary/aromatic N) is 1. The van der Waals surface area contributed by atoms with E-state index in [9.17, 15) is 4.79 Å². The summed E-state index contributed by atoms with van der Waals surface area (Å²) in [7, 11) is 0. The molecule has 1 amide bonds. The van der Waals surface area contributed by atoms with Crippen molar-refractivity contribution in [3.05, 3.63) is 29.8 Å². The number of para-hydroxylation sites is 1. The molecule has 0 heterocycles. The second-order valence-electron chi connectivity index (χ2n) is 4.75. The van der Waals surface area contributed by atoms with Crippen molar-refractivity contribution in [3.8, 4) is 0 Å². The Morgan fingerprint density at radius 2 is 2.00 bits per heavy atom. The monoisotopic (exact) mass is 248 g/mol. The van der Waals surface area contributed by atoms with Gasteiger partial charge < -0.3 is 15.7 Å². The molecule has 0 bridgehead atoms. The molecule has 0 spiro atoms. The number of amides is 1. The van der Waals surface area contributed by atoms with Crippen molar-refractivity contribution in [2.75, 3.05) is 18.9 Å². The van der Waals surface area contributed by atoms with E-state index in [1.807, 2.05) is 12.1 Å². The lowest BCUT2D eigenvalue weighted by molar-refractivity contribution is 0.0639. The summed E-state index contributed by atoms with van der Waals surface area (Å²) in [5, 5.41) is 9.14. The first kappa shape index (κ1) is 12.9. The highest BCUT2D eigenvalue weighted by Crippen LogP contribution is 2.25. The number of nitrogens with two attached hydrogens (primary N) is 1. The van der Waals surface area contributed by atoms with Gasteiger partial charge in [0, 0.05) is 18.3 Å². The van der Waals surface area contributed by atoms with Crippen LogP contribution in [0, 0.1) is 0 Å². The molecule has 4 nitrogen and oxygen atoms in total. The van der Waals surface area contributed by atoms with Gasteiger partial charge in [-0.3, -0.25) is 4.79 Å². The first-order valence-electron chi connectivity index (χ1n) is 6.50. The molecular formula is C14H20N2O2. The first-order valence-corrected chi connectivity index (χ1v) is 6.50. The van der Waals surface area contributed by atoms with Crippen molar-refractivity contribution in [1.29, 1.82) is 0 Å². The highest BCUT2D eigenvalue weighted by molar-refractivity contribution is 5.99. The zero-order valence-electron chi connectivity index (χ0n) is 10.5. The maximum atomic E-state index is 12.5. The molecule has 1 aliphatic rings. The minimum Gasteiger partial charge on any atom is -0.398 e. The van der Waals surface area contributed by atoms with Gasteiger partial charge in [-0.2, -0.15) is 0 Å². The smallest absolute Gasteiger partial charge is 0.256 e. The Morgan fingerprint density at radius 1 is 1.33 bits per heavy atom. The van der Waals surface area contributed by atoms with E-state index in [1.54, 1.807) is 17.0 Å². The molecule has 0 aromatic heterocycles. The summed E-state index contributed by atoms with van der Waals surface area (Å²) in [5.74, 6) is -0.0611. The summed E-state index contributed by atoms with van der Waals surface area (Å²) in [6.45, 7) is 0.382. The molecule has 0 unspecified atom stereocenters. The van der Waals surface area contributed by atoms with Gasteiger partial charge >= 0.3 is 0 Å². The fraction of sp³-hybridized carbons (Fsp3) is 0.500. The summed E-state index contributed by atoms with van der Waals surface area (Å²) in [4.78, 5) is 14.3. The number of hydrogen-bond donors (Lipinski definition) is 2. The lowest BCUT2D eigenvalue weighted by Gasteiger charge is -2.28. The fourth-order valence-corrected chi connectivity index (χ4v) is 2.62. The van der Waals surface area contributed by atoms with Gasteiger partial charge in [-0.05, 0) is 25.0 Å². The van der Waals surface area contributed by atoms with E-state index in [1.165, 1.54) is 0 Å². The van der Waals surface area contributed by atoms with Gasteiger partial charge in [0.2, 0.25) is 0 Å². The Balaban J connectivity index is 2.20. The topological polar surface area (TPSA) is 66.6 Å². The molecule has 0 aliphatic heterocycles. The van der Waals surface area contributed by atoms with Crippen LogP contribution in [0.3, 0.4) is 0 Å². The zero-order chi connectivity index (χ0) is 13.0. The van der Waals surface area contributed by atoms with E-state index in [2.05, 4.69) is 0 Å². The summed E-state index contributed by atoms with van der Waals surface area (Å²) in [6, 6.07) is 7.37. The molecule has 3 N–H and O–H groups in total. The first-order chi connectivity index (χ1) is 8.74. The quantitative estimate of drug-likeness (QED) is 0.796. The summed E-state index contributed by atoms with van der Waals surface area (Å²) >= 11 is 0. The maximum absolute atomic E-state index is 12.5. The van der Waals surface area contributed by atoms with E-state index in [0.29, 0.717) is 17.8 Å². The minimum atomic E-state index is -0.0611. The molecule has 0 radical (unpaired) electrons. The van der Waals surface area contributed by atoms with Crippen LogP contribution in [0.25, 0.3) is 0 Å². The summed E-state index contributed by atoms with van der Waals surface area (Å²) in [5.41, 5.74) is 6.89. The van der Waals surface area contributed by atoms with Crippen molar-refractivity contribution in [3.63, 3.8) is 0 Å². The number of benzene rings is 1. The molecule has 1 fully saturated rings. The van der Waals surface area contributed by atoms with Gasteiger partial charge in [0.05, 0.1) is 12.2 Å². The third-order valence-electron chi connectivity index (χ3n) is 3.56. The van der Waals surface area contributed by atoms with Gasteiger partial charge in [0.15, 0.2) is 0 Å². The van der Waals surface area contributed by atoms with Gasteiger partial charge in [0.25, 0.3) is 5.91 Å². The standard InChI is InChI=1S/C14H20N2O2/c15-13-8-4-3-7-12(13)14(18)16(9-10-17)11-5-1-2-6-11/h3-4,7-8,11,17H,1-2,5-6,9-10,15H2. The Labute approximate surface area is 107 Å². The number of hydrogen-bond acceptors (Lipinski definition) is 3. The van der Waals surface area contributed by atoms with Crippen molar-refractivity contribution in [2.45, 2.75) is 31.7 Å². The molecule has 1 aromatic rings. The van der Waals surface area contributed by atoms with E-state index in [0.717, 1.165) is 25.7 Å². The van der Waals surface area contributed by atoms with Crippen LogP contribution in [0.15, 0.2) is 24.3 Å². The Hall–Kier alpha value is -1.55. The van der Waals surface area contributed by atoms with Crippen molar-refractivity contribution in [1.82, 2.24) is 4.90 Å². The molecule has 2 rings (SSSR count). The zero-order valence-corrected chi connectivity index (χ0v) is 10.5. The third-order valence-corrected chi connectivity index (χ3v) is 3.56. The molecule has 18 heavy (non-hydrogen) atoms. The van der Waals surface area contributed by atoms with Crippen LogP contribution in [-0.4, -0.2) is 35.1 Å². The normalized spacial score (nSPS) is 15.8. The average Bonchev–Trinajstić information content (AvgIpc) is 2.89. The van der Waals surface area contributed by atoms with E-state index >= 15 is 0 Å². The summed E-state index contributed by atoms with van der Waals surface area (Å²) in [6.07, 6.45) is 4.37. The van der Waals surface area contributed by atoms with Crippen molar-refractivity contribution in [2.24, 2.45) is 0 Å². The average molecular weight is 248 g/mol. The minimum absolute atomic E-state index is 0.00498. The molecular weight excluding hydrogens is 228 g/mol. The predicted octanol–water partition coefficient (Wildman–Crippen LogP) is 1.65. The summed E-state index contributed by atoms with van der Waals surface area (Å²) < 4.78 is 0. The van der Waals surface area contributed by atoms with E-state index in [-0.39, 0.29) is 18.6 Å². The van der Waals surface area contributed by atoms with Crippen LogP contribution >= 0.6 is 0 Å². The molecule has 4 heteroatoms. The lowest BCUT2D eigenvalue weighted by Crippen LogP contribution is -2.41. The van der Waals surface area contributed by atoms with E-state index in [4.69, 9.17) is 10.8 Å². The van der Waals surface area contributed by atoms with Crippen LogP contribution in [0.5, 0.6) is 0 Å². The second-order valence-corrected chi connectivity index (χ2v) is 4.75. The van der Waals surface area contributed by atoms with Gasteiger partial charge in [-0.15, -0.1) is 0 Å². The number of rotatable bonds is 4. The van der Waals surface area contributed by atoms with E-state index < -0.39 is 0 Å². The number of carbonyl (C=O) groups is 1. The lowest BCUT2D eigenvalue weighted by atomic mass is 10.1. The molecule has 1 aliphatic carbocycles. The Bertz CT molecular complexity index is 414. The SMILES string of the molecule is Nc1ccccc1C(=O)N(CCO)C1CCCC1. The van der Waals surface area contributed by atoms with Crippen LogP contribution in [-0.2, 0) is 0 Å².